The quantitative estimate of drug-likeness (QED) is 0.687. The van der Waals surface area contributed by atoms with E-state index in [1.807, 2.05) is 0 Å². The zero-order valence-corrected chi connectivity index (χ0v) is 11.8. The van der Waals surface area contributed by atoms with Gasteiger partial charge in [-0.2, -0.15) is 0 Å². The molecule has 0 amide bonds. The minimum Gasteiger partial charge on any atom is -0.301 e. The van der Waals surface area contributed by atoms with E-state index in [1.165, 1.54) is 58.5 Å². The third kappa shape index (κ3) is 4.84. The van der Waals surface area contributed by atoms with Crippen LogP contribution < -0.4 is 0 Å². The van der Waals surface area contributed by atoms with Gasteiger partial charge in [-0.3, -0.25) is 0 Å². The molecule has 0 spiro atoms. The Labute approximate surface area is 102 Å². The Balaban J connectivity index is 2.11. The molecule has 0 aromatic heterocycles. The van der Waals surface area contributed by atoms with E-state index < -0.39 is 0 Å². The van der Waals surface area contributed by atoms with Crippen molar-refractivity contribution in [3.63, 3.8) is 0 Å². The average molecular weight is 226 g/mol. The Morgan fingerprint density at radius 1 is 0.938 bits per heavy atom. The lowest BCUT2D eigenvalue weighted by Crippen LogP contribution is -2.46. The molecule has 96 valence electrons. The van der Waals surface area contributed by atoms with Gasteiger partial charge >= 0.3 is 0 Å². The summed E-state index contributed by atoms with van der Waals surface area (Å²) in [5.41, 5.74) is 0.547. The topological polar surface area (TPSA) is 6.48 Å². The van der Waals surface area contributed by atoms with Crippen molar-refractivity contribution in [1.29, 1.82) is 0 Å². The molecular weight excluding hydrogens is 196 g/mol. The maximum atomic E-state index is 2.64. The summed E-state index contributed by atoms with van der Waals surface area (Å²) in [5, 5.41) is 0. The van der Waals surface area contributed by atoms with Crippen molar-refractivity contribution in [2.45, 2.75) is 47.0 Å². The second-order valence-electron chi connectivity index (χ2n) is 5.90. The summed E-state index contributed by atoms with van der Waals surface area (Å²) in [6, 6.07) is 0. The van der Waals surface area contributed by atoms with E-state index in [1.54, 1.807) is 0 Å². The fraction of sp³-hybridized carbons (Fsp3) is 1.00. The molecule has 0 aromatic carbocycles. The van der Waals surface area contributed by atoms with Gasteiger partial charge in [0.15, 0.2) is 0 Å². The maximum Gasteiger partial charge on any atom is 0.0110 e. The monoisotopic (exact) mass is 226 g/mol. The first-order chi connectivity index (χ1) is 7.57. The third-order valence-electron chi connectivity index (χ3n) is 4.20. The van der Waals surface area contributed by atoms with Gasteiger partial charge in [0.25, 0.3) is 0 Å². The smallest absolute Gasteiger partial charge is 0.0110 e. The third-order valence-corrected chi connectivity index (χ3v) is 4.20. The summed E-state index contributed by atoms with van der Waals surface area (Å²) in [6.07, 6.45) is 4.04. The Bertz CT molecular complexity index is 181. The normalized spacial score (nSPS) is 20.2. The molecule has 1 saturated heterocycles. The largest absolute Gasteiger partial charge is 0.301 e. The molecule has 0 N–H and O–H groups in total. The molecule has 0 aliphatic carbocycles. The fourth-order valence-electron chi connectivity index (χ4n) is 2.29. The zero-order chi connectivity index (χ0) is 12.0. The van der Waals surface area contributed by atoms with Crippen molar-refractivity contribution in [3.05, 3.63) is 0 Å². The second-order valence-corrected chi connectivity index (χ2v) is 5.90. The van der Waals surface area contributed by atoms with Crippen LogP contribution in [0.5, 0.6) is 0 Å². The molecule has 0 bridgehead atoms. The highest BCUT2D eigenvalue weighted by molar-refractivity contribution is 4.72. The Kier molecular flexibility index (Phi) is 5.77. The van der Waals surface area contributed by atoms with Crippen LogP contribution in [0.4, 0.5) is 0 Å². The Morgan fingerprint density at radius 3 is 2.00 bits per heavy atom. The van der Waals surface area contributed by atoms with E-state index >= 15 is 0 Å². The summed E-state index contributed by atoms with van der Waals surface area (Å²) >= 11 is 0. The van der Waals surface area contributed by atoms with Crippen LogP contribution in [0.25, 0.3) is 0 Å². The first kappa shape index (κ1) is 14.0. The predicted octanol–water partition coefficient (Wildman–Crippen LogP) is 2.84. The molecule has 1 heterocycles. The van der Waals surface area contributed by atoms with Crippen molar-refractivity contribution >= 4 is 0 Å². The molecule has 0 aromatic rings. The van der Waals surface area contributed by atoms with Gasteiger partial charge in [0, 0.05) is 26.2 Å². The number of rotatable bonds is 6. The van der Waals surface area contributed by atoms with Crippen molar-refractivity contribution in [1.82, 2.24) is 9.80 Å². The van der Waals surface area contributed by atoms with Crippen LogP contribution in [-0.4, -0.2) is 49.1 Å². The first-order valence-corrected chi connectivity index (χ1v) is 7.02. The number of nitrogens with zero attached hydrogens (tertiary/aromatic N) is 2. The van der Waals surface area contributed by atoms with Crippen LogP contribution >= 0.6 is 0 Å². The lowest BCUT2D eigenvalue weighted by Gasteiger charge is -2.34. The number of piperazine rings is 1. The van der Waals surface area contributed by atoms with Gasteiger partial charge in [-0.25, -0.2) is 0 Å². The van der Waals surface area contributed by atoms with E-state index in [9.17, 15) is 0 Å². The molecule has 1 rings (SSSR count). The summed E-state index contributed by atoms with van der Waals surface area (Å²) < 4.78 is 0. The second kappa shape index (κ2) is 6.61. The van der Waals surface area contributed by atoms with Crippen molar-refractivity contribution in [2.24, 2.45) is 5.41 Å². The predicted molar refractivity (Wildman–Crippen MR) is 71.9 cm³/mol. The Hall–Kier alpha value is -0.0800. The summed E-state index contributed by atoms with van der Waals surface area (Å²) in [5.74, 6) is 0. The minimum atomic E-state index is 0.547. The fourth-order valence-corrected chi connectivity index (χ4v) is 2.29. The molecule has 16 heavy (non-hydrogen) atoms. The molecule has 1 aliphatic heterocycles. The number of likely N-dealkylation sites (N-methyl/N-ethyl adjacent to an activating group) is 1. The highest BCUT2D eigenvalue weighted by atomic mass is 15.3. The molecule has 0 radical (unpaired) electrons. The van der Waals surface area contributed by atoms with Crippen molar-refractivity contribution in [3.8, 4) is 0 Å². The summed E-state index contributed by atoms with van der Waals surface area (Å²) in [7, 11) is 0. The van der Waals surface area contributed by atoms with Crippen LogP contribution in [0.2, 0.25) is 0 Å². The lowest BCUT2D eigenvalue weighted by atomic mass is 9.85. The standard InChI is InChI=1S/C14H30N2/c1-5-14(3,4)8-7-9-16-12-10-15(6-2)11-13-16/h5-13H2,1-4H3. The van der Waals surface area contributed by atoms with Crippen molar-refractivity contribution in [2.75, 3.05) is 39.3 Å². The van der Waals surface area contributed by atoms with Gasteiger partial charge in [0.2, 0.25) is 0 Å². The van der Waals surface area contributed by atoms with Gasteiger partial charge in [-0.05, 0) is 31.3 Å². The summed E-state index contributed by atoms with van der Waals surface area (Å²) in [4.78, 5) is 5.18. The molecule has 2 nitrogen and oxygen atoms in total. The zero-order valence-electron chi connectivity index (χ0n) is 11.8. The van der Waals surface area contributed by atoms with Gasteiger partial charge in [0.05, 0.1) is 0 Å². The highest BCUT2D eigenvalue weighted by Crippen LogP contribution is 2.26. The van der Waals surface area contributed by atoms with Gasteiger partial charge < -0.3 is 9.80 Å². The number of hydrogen-bond acceptors (Lipinski definition) is 2. The molecule has 1 fully saturated rings. The van der Waals surface area contributed by atoms with Gasteiger partial charge in [-0.15, -0.1) is 0 Å². The average Bonchev–Trinajstić information content (AvgIpc) is 2.30. The first-order valence-electron chi connectivity index (χ1n) is 7.02. The van der Waals surface area contributed by atoms with Crippen molar-refractivity contribution < 1.29 is 0 Å². The van der Waals surface area contributed by atoms with E-state index in [-0.39, 0.29) is 0 Å². The molecule has 1 aliphatic rings. The molecular formula is C14H30N2. The SMILES string of the molecule is CCN1CCN(CCCC(C)(C)CC)CC1. The maximum absolute atomic E-state index is 2.64. The van der Waals surface area contributed by atoms with Crippen LogP contribution in [0, 0.1) is 5.41 Å². The molecule has 2 heteroatoms. The van der Waals surface area contributed by atoms with Crippen LogP contribution in [0.3, 0.4) is 0 Å². The van der Waals surface area contributed by atoms with Gasteiger partial charge in [0.1, 0.15) is 0 Å². The molecule has 0 unspecified atom stereocenters. The van der Waals surface area contributed by atoms with Crippen LogP contribution in [0.1, 0.15) is 47.0 Å². The Morgan fingerprint density at radius 2 is 1.50 bits per heavy atom. The lowest BCUT2D eigenvalue weighted by molar-refractivity contribution is 0.131. The van der Waals surface area contributed by atoms with E-state index in [0.29, 0.717) is 5.41 Å². The molecule has 0 atom stereocenters. The van der Waals surface area contributed by atoms with Gasteiger partial charge in [-0.1, -0.05) is 34.1 Å². The molecule has 0 saturated carbocycles. The summed E-state index contributed by atoms with van der Waals surface area (Å²) in [6.45, 7) is 17.0. The van der Waals surface area contributed by atoms with E-state index in [0.717, 1.165) is 0 Å². The van der Waals surface area contributed by atoms with Crippen LogP contribution in [-0.2, 0) is 0 Å². The van der Waals surface area contributed by atoms with E-state index in [4.69, 9.17) is 0 Å². The minimum absolute atomic E-state index is 0.547. The highest BCUT2D eigenvalue weighted by Gasteiger charge is 2.17. The number of hydrogen-bond donors (Lipinski definition) is 0. The van der Waals surface area contributed by atoms with Crippen LogP contribution in [0.15, 0.2) is 0 Å². The van der Waals surface area contributed by atoms with E-state index in [2.05, 4.69) is 37.5 Å².